The van der Waals surface area contributed by atoms with Crippen molar-refractivity contribution in [1.29, 1.82) is 0 Å². The number of anilines is 1. The Balaban J connectivity index is 1.54. The number of nitrogens with one attached hydrogen (secondary N) is 1. The normalized spacial score (nSPS) is 14.5. The van der Waals surface area contributed by atoms with Gasteiger partial charge in [0, 0.05) is 17.4 Å². The minimum Gasteiger partial charge on any atom is -0.308 e. The first-order valence-corrected chi connectivity index (χ1v) is 12.5. The number of benzene rings is 3. The molecule has 3 heterocycles. The minimum absolute atomic E-state index is 0.266. The summed E-state index contributed by atoms with van der Waals surface area (Å²) in [6, 6.07) is 24.8. The molecule has 1 aliphatic heterocycles. The number of fused-ring (bicyclic) bond motifs is 3. The molecule has 190 valence electrons. The van der Waals surface area contributed by atoms with E-state index >= 15 is 0 Å². The molecule has 3 aromatic carbocycles. The first kappa shape index (κ1) is 23.7. The molecule has 6 nitrogen and oxygen atoms in total. The lowest BCUT2D eigenvalue weighted by atomic mass is 10.0. The molecular formula is C30H25F2N5O. The van der Waals surface area contributed by atoms with E-state index < -0.39 is 6.04 Å². The molecule has 0 saturated heterocycles. The topological polar surface area (TPSA) is 55.1 Å². The lowest BCUT2D eigenvalue weighted by Gasteiger charge is -2.31. The minimum atomic E-state index is -0.521. The molecule has 8 heteroatoms. The predicted molar refractivity (Wildman–Crippen MR) is 141 cm³/mol. The standard InChI is InChI=1S/C30H25F2N5O/c1-2-26-25-19-36(30(38)33-23-16-14-22(32)15-17-23)28(20-10-12-21(31)13-11-20)27-9-6-18-35(27)29(25)37(34-26)24-7-4-3-5-8-24/h3-18,28H,2,19H2,1H3,(H,33,38)/t28-/m1/s1. The fraction of sp³-hybridized carbons (Fsp3) is 0.133. The van der Waals surface area contributed by atoms with E-state index in [1.807, 2.05) is 60.3 Å². The van der Waals surface area contributed by atoms with E-state index in [0.29, 0.717) is 12.1 Å². The maximum absolute atomic E-state index is 13.9. The van der Waals surface area contributed by atoms with Gasteiger partial charge in [-0.1, -0.05) is 37.3 Å². The molecular weight excluding hydrogens is 484 g/mol. The molecule has 1 atom stereocenters. The third-order valence-corrected chi connectivity index (χ3v) is 6.85. The zero-order valence-electron chi connectivity index (χ0n) is 20.7. The zero-order chi connectivity index (χ0) is 26.2. The maximum Gasteiger partial charge on any atom is 0.322 e. The van der Waals surface area contributed by atoms with Gasteiger partial charge >= 0.3 is 6.03 Å². The molecule has 5 aromatic rings. The van der Waals surface area contributed by atoms with Crippen molar-refractivity contribution in [2.24, 2.45) is 0 Å². The Labute approximate surface area is 218 Å². The molecule has 0 aliphatic carbocycles. The number of urea groups is 1. The third-order valence-electron chi connectivity index (χ3n) is 6.85. The molecule has 2 aromatic heterocycles. The van der Waals surface area contributed by atoms with Gasteiger partial charge in [0.25, 0.3) is 0 Å². The molecule has 1 aliphatic rings. The molecule has 2 amide bonds. The van der Waals surface area contributed by atoms with Crippen LogP contribution in [0.2, 0.25) is 0 Å². The summed E-state index contributed by atoms with van der Waals surface area (Å²) in [5, 5.41) is 7.86. The number of para-hydroxylation sites is 1. The van der Waals surface area contributed by atoms with E-state index in [1.165, 1.54) is 36.4 Å². The quantitative estimate of drug-likeness (QED) is 0.295. The Kier molecular flexibility index (Phi) is 5.99. The molecule has 0 unspecified atom stereocenters. The monoisotopic (exact) mass is 509 g/mol. The third kappa shape index (κ3) is 4.14. The van der Waals surface area contributed by atoms with Gasteiger partial charge in [0.05, 0.1) is 29.7 Å². The van der Waals surface area contributed by atoms with Gasteiger partial charge in [-0.15, -0.1) is 0 Å². The largest absolute Gasteiger partial charge is 0.322 e. The van der Waals surface area contributed by atoms with Crippen LogP contribution in [0.5, 0.6) is 0 Å². The molecule has 38 heavy (non-hydrogen) atoms. The van der Waals surface area contributed by atoms with E-state index in [4.69, 9.17) is 5.10 Å². The lowest BCUT2D eigenvalue weighted by molar-refractivity contribution is 0.194. The van der Waals surface area contributed by atoms with Crippen LogP contribution in [0.15, 0.2) is 97.2 Å². The Hall–Kier alpha value is -4.72. The summed E-state index contributed by atoms with van der Waals surface area (Å²) in [7, 11) is 0. The Morgan fingerprint density at radius 2 is 1.61 bits per heavy atom. The number of hydrogen-bond acceptors (Lipinski definition) is 2. The number of carbonyl (C=O) groups is 1. The van der Waals surface area contributed by atoms with E-state index in [-0.39, 0.29) is 24.2 Å². The smallest absolute Gasteiger partial charge is 0.308 e. The number of amides is 2. The first-order chi connectivity index (χ1) is 18.5. The van der Waals surface area contributed by atoms with Crippen LogP contribution >= 0.6 is 0 Å². The number of nitrogens with zero attached hydrogens (tertiary/aromatic N) is 4. The summed E-state index contributed by atoms with van der Waals surface area (Å²) in [6.45, 7) is 2.31. The second-order valence-electron chi connectivity index (χ2n) is 9.17. The van der Waals surface area contributed by atoms with Crippen LogP contribution in [-0.4, -0.2) is 25.3 Å². The Morgan fingerprint density at radius 3 is 2.29 bits per heavy atom. The second kappa shape index (κ2) is 9.63. The van der Waals surface area contributed by atoms with Gasteiger partial charge in [-0.05, 0) is 72.6 Å². The molecule has 1 N–H and O–H groups in total. The van der Waals surface area contributed by atoms with Crippen LogP contribution in [0.3, 0.4) is 0 Å². The number of hydrogen-bond donors (Lipinski definition) is 1. The van der Waals surface area contributed by atoms with Crippen LogP contribution in [0.4, 0.5) is 19.3 Å². The van der Waals surface area contributed by atoms with Crippen molar-refractivity contribution in [3.8, 4) is 11.5 Å². The van der Waals surface area contributed by atoms with Gasteiger partial charge in [0.15, 0.2) is 0 Å². The van der Waals surface area contributed by atoms with Gasteiger partial charge in [-0.25, -0.2) is 18.3 Å². The highest BCUT2D eigenvalue weighted by atomic mass is 19.1. The summed E-state index contributed by atoms with van der Waals surface area (Å²) >= 11 is 0. The van der Waals surface area contributed by atoms with Crippen molar-refractivity contribution >= 4 is 11.7 Å². The maximum atomic E-state index is 13.9. The summed E-state index contributed by atoms with van der Waals surface area (Å²) in [4.78, 5) is 15.6. The van der Waals surface area contributed by atoms with E-state index in [2.05, 4.69) is 9.88 Å². The van der Waals surface area contributed by atoms with Crippen molar-refractivity contribution in [1.82, 2.24) is 19.2 Å². The van der Waals surface area contributed by atoms with E-state index in [1.54, 1.807) is 17.0 Å². The molecule has 0 bridgehead atoms. The van der Waals surface area contributed by atoms with Gasteiger partial charge in [-0.3, -0.25) is 0 Å². The highest BCUT2D eigenvalue weighted by molar-refractivity contribution is 5.90. The number of aryl methyl sites for hydroxylation is 1. The second-order valence-corrected chi connectivity index (χ2v) is 9.17. The SMILES string of the molecule is CCc1nn(-c2ccccc2)c2c1CN(C(=O)Nc1ccc(F)cc1)[C@H](c1ccc(F)cc1)c1cccn1-2. The van der Waals surface area contributed by atoms with Crippen molar-refractivity contribution in [3.63, 3.8) is 0 Å². The Bertz CT molecular complexity index is 1590. The fourth-order valence-corrected chi connectivity index (χ4v) is 5.07. The van der Waals surface area contributed by atoms with Crippen LogP contribution in [-0.2, 0) is 13.0 Å². The number of carbonyl (C=O) groups excluding carboxylic acids is 1. The van der Waals surface area contributed by atoms with E-state index in [9.17, 15) is 13.6 Å². The zero-order valence-corrected chi connectivity index (χ0v) is 20.7. The average Bonchev–Trinajstić information content (AvgIpc) is 3.52. The van der Waals surface area contributed by atoms with Crippen molar-refractivity contribution in [2.45, 2.75) is 25.9 Å². The molecule has 0 spiro atoms. The first-order valence-electron chi connectivity index (χ1n) is 12.5. The number of aromatic nitrogens is 3. The van der Waals surface area contributed by atoms with Crippen LogP contribution in [0.25, 0.3) is 11.5 Å². The summed E-state index contributed by atoms with van der Waals surface area (Å²) in [6.07, 6.45) is 2.64. The van der Waals surface area contributed by atoms with Gasteiger partial charge in [0.2, 0.25) is 0 Å². The van der Waals surface area contributed by atoms with Gasteiger partial charge < -0.3 is 14.8 Å². The summed E-state index contributed by atoms with van der Waals surface area (Å²) in [5.41, 5.74) is 4.79. The van der Waals surface area contributed by atoms with Crippen LogP contribution in [0.1, 0.15) is 35.5 Å². The summed E-state index contributed by atoms with van der Waals surface area (Å²) < 4.78 is 31.4. The highest BCUT2D eigenvalue weighted by Crippen LogP contribution is 2.39. The molecule has 6 rings (SSSR count). The van der Waals surface area contributed by atoms with Gasteiger partial charge in [-0.2, -0.15) is 5.10 Å². The molecule has 0 saturated carbocycles. The number of rotatable bonds is 4. The van der Waals surface area contributed by atoms with Crippen LogP contribution in [0, 0.1) is 11.6 Å². The fourth-order valence-electron chi connectivity index (χ4n) is 5.07. The molecule has 0 radical (unpaired) electrons. The molecule has 0 fully saturated rings. The highest BCUT2D eigenvalue weighted by Gasteiger charge is 2.36. The van der Waals surface area contributed by atoms with Crippen molar-refractivity contribution in [3.05, 3.63) is 131 Å². The average molecular weight is 510 g/mol. The van der Waals surface area contributed by atoms with E-state index in [0.717, 1.165) is 34.0 Å². The Morgan fingerprint density at radius 1 is 0.921 bits per heavy atom. The number of halogens is 2. The van der Waals surface area contributed by atoms with Gasteiger partial charge in [0.1, 0.15) is 17.5 Å². The lowest BCUT2D eigenvalue weighted by Crippen LogP contribution is -2.38. The predicted octanol–water partition coefficient (Wildman–Crippen LogP) is 6.64. The van der Waals surface area contributed by atoms with Crippen LogP contribution < -0.4 is 5.32 Å². The van der Waals surface area contributed by atoms with Crippen molar-refractivity contribution < 1.29 is 13.6 Å². The van der Waals surface area contributed by atoms with Crippen molar-refractivity contribution in [2.75, 3.05) is 5.32 Å². The summed E-state index contributed by atoms with van der Waals surface area (Å²) in [5.74, 6) is 0.124.